The highest BCUT2D eigenvalue weighted by Gasteiger charge is 1.93. The maximum atomic E-state index is 10.2. The molecule has 2 aromatic rings. The molecule has 0 saturated carbocycles. The average molecular weight is 273 g/mol. The van der Waals surface area contributed by atoms with E-state index in [4.69, 9.17) is 0 Å². The van der Waals surface area contributed by atoms with E-state index in [-0.39, 0.29) is 5.56 Å². The minimum atomic E-state index is -0.0532. The first kappa shape index (κ1) is 18.2. The lowest BCUT2D eigenvalue weighted by Crippen LogP contribution is -1.98. The number of H-pyrrole nitrogens is 1. The maximum absolute atomic E-state index is 10.2. The van der Waals surface area contributed by atoms with Crippen LogP contribution in [0, 0.1) is 5.92 Å². The molecule has 20 heavy (non-hydrogen) atoms. The van der Waals surface area contributed by atoms with Gasteiger partial charge in [-0.15, -0.1) is 0 Å². The zero-order chi connectivity index (χ0) is 15.4. The molecule has 0 bridgehead atoms. The van der Waals surface area contributed by atoms with Crippen molar-refractivity contribution >= 4 is 0 Å². The van der Waals surface area contributed by atoms with E-state index in [0.29, 0.717) is 5.92 Å². The van der Waals surface area contributed by atoms with Crippen molar-refractivity contribution in [1.82, 2.24) is 4.98 Å². The van der Waals surface area contributed by atoms with Crippen molar-refractivity contribution in [3.63, 3.8) is 0 Å². The first-order valence-corrected chi connectivity index (χ1v) is 7.12. The van der Waals surface area contributed by atoms with Crippen molar-refractivity contribution in [2.24, 2.45) is 5.92 Å². The zero-order valence-electron chi connectivity index (χ0n) is 13.3. The van der Waals surface area contributed by atoms with Crippen molar-refractivity contribution in [1.29, 1.82) is 0 Å². The number of hydrogen-bond donors (Lipinski definition) is 1. The van der Waals surface area contributed by atoms with Crippen LogP contribution in [0.3, 0.4) is 0 Å². The molecule has 1 aromatic heterocycles. The van der Waals surface area contributed by atoms with Crippen LogP contribution < -0.4 is 5.56 Å². The lowest BCUT2D eigenvalue weighted by atomic mass is 10.0. The molecule has 2 nitrogen and oxygen atoms in total. The second kappa shape index (κ2) is 11.0. The van der Waals surface area contributed by atoms with Crippen LogP contribution in [0.4, 0.5) is 0 Å². The largest absolute Gasteiger partial charge is 0.329 e. The second-order valence-corrected chi connectivity index (χ2v) is 5.52. The summed E-state index contributed by atoms with van der Waals surface area (Å²) in [6, 6.07) is 15.5. The Kier molecular flexibility index (Phi) is 10.0. The van der Waals surface area contributed by atoms with E-state index in [1.165, 1.54) is 11.6 Å². The zero-order valence-corrected chi connectivity index (χ0v) is 13.3. The number of aromatic amines is 1. The number of benzene rings is 1. The van der Waals surface area contributed by atoms with Crippen LogP contribution in [0.15, 0.2) is 59.5 Å². The first-order valence-electron chi connectivity index (χ1n) is 7.12. The van der Waals surface area contributed by atoms with E-state index in [2.05, 4.69) is 63.9 Å². The fourth-order valence-electron chi connectivity index (χ4n) is 1.21. The summed E-state index contributed by atoms with van der Waals surface area (Å²) in [5, 5.41) is 0. The van der Waals surface area contributed by atoms with Gasteiger partial charge in [-0.05, 0) is 23.5 Å². The van der Waals surface area contributed by atoms with Gasteiger partial charge in [-0.3, -0.25) is 4.79 Å². The van der Waals surface area contributed by atoms with Crippen LogP contribution in [0.25, 0.3) is 0 Å². The Hall–Kier alpha value is -1.83. The molecule has 0 aliphatic heterocycles. The molecule has 0 saturated heterocycles. The van der Waals surface area contributed by atoms with Gasteiger partial charge in [0, 0.05) is 12.3 Å². The van der Waals surface area contributed by atoms with Crippen molar-refractivity contribution in [2.75, 3.05) is 0 Å². The third-order valence-corrected chi connectivity index (χ3v) is 2.15. The van der Waals surface area contributed by atoms with Gasteiger partial charge in [0.25, 0.3) is 0 Å². The second-order valence-electron chi connectivity index (χ2n) is 5.52. The molecular formula is C18H27NO. The highest BCUT2D eigenvalue weighted by atomic mass is 16.1. The molecule has 2 heteroatoms. The number of nitrogens with one attached hydrogen (secondary N) is 1. The molecule has 1 heterocycles. The normalized spacial score (nSPS) is 9.35. The third-order valence-electron chi connectivity index (χ3n) is 2.15. The summed E-state index contributed by atoms with van der Waals surface area (Å²) in [5.41, 5.74) is 1.36. The average Bonchev–Trinajstić information content (AvgIpc) is 2.41. The Morgan fingerprint density at radius 3 is 1.55 bits per heavy atom. The Bertz CT molecular complexity index is 466. The molecule has 1 N–H and O–H groups in total. The van der Waals surface area contributed by atoms with Crippen molar-refractivity contribution in [3.8, 4) is 0 Å². The summed E-state index contributed by atoms with van der Waals surface area (Å²) >= 11 is 0. The SMILES string of the molecule is CC(C)C.CC(C)c1ccccc1.O=c1cccc[nH]1. The Labute approximate surface area is 122 Å². The van der Waals surface area contributed by atoms with Gasteiger partial charge in [-0.25, -0.2) is 0 Å². The fraction of sp³-hybridized carbons (Fsp3) is 0.389. The minimum Gasteiger partial charge on any atom is -0.329 e. The number of aromatic nitrogens is 1. The smallest absolute Gasteiger partial charge is 0.247 e. The maximum Gasteiger partial charge on any atom is 0.247 e. The summed E-state index contributed by atoms with van der Waals surface area (Å²) in [4.78, 5) is 12.7. The molecule has 0 spiro atoms. The predicted molar refractivity (Wildman–Crippen MR) is 88.1 cm³/mol. The van der Waals surface area contributed by atoms with Gasteiger partial charge in [0.1, 0.15) is 0 Å². The van der Waals surface area contributed by atoms with E-state index >= 15 is 0 Å². The van der Waals surface area contributed by atoms with Crippen molar-refractivity contribution < 1.29 is 0 Å². The van der Waals surface area contributed by atoms with Gasteiger partial charge in [0.05, 0.1) is 0 Å². The van der Waals surface area contributed by atoms with E-state index < -0.39 is 0 Å². The summed E-state index contributed by atoms with van der Waals surface area (Å²) in [6.07, 6.45) is 1.60. The standard InChI is InChI=1S/C9H12.C5H5NO.C4H10/c1-8(2)9-6-4-3-5-7-9;7-5-3-1-2-4-6-5;1-4(2)3/h3-8H,1-2H3;1-4H,(H,6,7);4H,1-3H3. The van der Waals surface area contributed by atoms with Crippen LogP contribution >= 0.6 is 0 Å². The van der Waals surface area contributed by atoms with Gasteiger partial charge in [-0.2, -0.15) is 0 Å². The van der Waals surface area contributed by atoms with Crippen molar-refractivity contribution in [3.05, 3.63) is 70.6 Å². The molecule has 0 aliphatic carbocycles. The van der Waals surface area contributed by atoms with Crippen LogP contribution in [0.5, 0.6) is 0 Å². The van der Waals surface area contributed by atoms with Crippen LogP contribution in [0.1, 0.15) is 46.1 Å². The monoisotopic (exact) mass is 273 g/mol. The Balaban J connectivity index is 0.000000293. The van der Waals surface area contributed by atoms with Gasteiger partial charge in [-0.1, -0.05) is 71.0 Å². The molecule has 0 amide bonds. The molecule has 0 atom stereocenters. The first-order chi connectivity index (χ1) is 9.43. The number of pyridine rings is 1. The van der Waals surface area contributed by atoms with Crippen LogP contribution in [-0.2, 0) is 0 Å². The summed E-state index contributed by atoms with van der Waals surface area (Å²) in [6.45, 7) is 10.9. The lowest BCUT2D eigenvalue weighted by Gasteiger charge is -2.01. The van der Waals surface area contributed by atoms with Gasteiger partial charge < -0.3 is 4.98 Å². The lowest BCUT2D eigenvalue weighted by molar-refractivity contribution is 0.737. The summed E-state index contributed by atoms with van der Waals surface area (Å²) < 4.78 is 0. The minimum absolute atomic E-state index is 0.0532. The Morgan fingerprint density at radius 1 is 0.800 bits per heavy atom. The van der Waals surface area contributed by atoms with Crippen molar-refractivity contribution in [2.45, 2.75) is 40.5 Å². The predicted octanol–water partition coefficient (Wildman–Crippen LogP) is 4.85. The Morgan fingerprint density at radius 2 is 1.30 bits per heavy atom. The topological polar surface area (TPSA) is 32.9 Å². The molecule has 0 radical (unpaired) electrons. The summed E-state index contributed by atoms with van der Waals surface area (Å²) in [5.74, 6) is 1.49. The fourth-order valence-corrected chi connectivity index (χ4v) is 1.21. The highest BCUT2D eigenvalue weighted by Crippen LogP contribution is 2.11. The molecule has 0 unspecified atom stereocenters. The number of rotatable bonds is 1. The number of hydrogen-bond acceptors (Lipinski definition) is 1. The van der Waals surface area contributed by atoms with Crippen LogP contribution in [-0.4, -0.2) is 4.98 Å². The highest BCUT2D eigenvalue weighted by molar-refractivity contribution is 5.17. The summed E-state index contributed by atoms with van der Waals surface area (Å²) in [7, 11) is 0. The molecule has 0 fully saturated rings. The van der Waals surface area contributed by atoms with E-state index in [0.717, 1.165) is 5.92 Å². The van der Waals surface area contributed by atoms with E-state index in [9.17, 15) is 4.79 Å². The van der Waals surface area contributed by atoms with Gasteiger partial charge in [0.15, 0.2) is 0 Å². The van der Waals surface area contributed by atoms with Gasteiger partial charge >= 0.3 is 0 Å². The van der Waals surface area contributed by atoms with E-state index in [1.54, 1.807) is 18.3 Å². The molecule has 1 aromatic carbocycles. The molecule has 2 rings (SSSR count). The third kappa shape index (κ3) is 11.3. The van der Waals surface area contributed by atoms with Gasteiger partial charge in [0.2, 0.25) is 5.56 Å². The molecule has 110 valence electrons. The quantitative estimate of drug-likeness (QED) is 0.791. The van der Waals surface area contributed by atoms with E-state index in [1.807, 2.05) is 6.07 Å². The van der Waals surface area contributed by atoms with Crippen LogP contribution in [0.2, 0.25) is 0 Å². The molecular weight excluding hydrogens is 246 g/mol. The molecule has 0 aliphatic rings.